The summed E-state index contributed by atoms with van der Waals surface area (Å²) < 4.78 is 0.941. The van der Waals surface area contributed by atoms with Gasteiger partial charge in [-0.3, -0.25) is 0 Å². The molecule has 0 unspecified atom stereocenters. The topological polar surface area (TPSA) is 12.0 Å². The molecule has 0 aromatic carbocycles. The average molecular weight is 441 g/mol. The van der Waals surface area contributed by atoms with E-state index in [1.165, 1.54) is 103 Å². The molecule has 1 nitrogen and oxygen atoms in total. The maximum absolute atomic E-state index is 5.12. The summed E-state index contributed by atoms with van der Waals surface area (Å²) in [5, 5.41) is 3.28. The summed E-state index contributed by atoms with van der Waals surface area (Å²) in [6.07, 6.45) is 22.8. The van der Waals surface area contributed by atoms with Crippen LogP contribution in [0.1, 0.15) is 110 Å². The molecular weight excluding hydrogens is 402 g/mol. The molecule has 4 heteroatoms. The van der Waals surface area contributed by atoms with Crippen molar-refractivity contribution < 1.29 is 18.5 Å². The van der Waals surface area contributed by atoms with Crippen LogP contribution in [0.4, 0.5) is 0 Å². The normalized spacial score (nSPS) is 10.8. The van der Waals surface area contributed by atoms with Gasteiger partial charge >= 0.3 is 108 Å². The first-order valence-corrected chi connectivity index (χ1v) is 13.5. The summed E-state index contributed by atoms with van der Waals surface area (Å²) in [5.41, 5.74) is 0. The Morgan fingerprint density at radius 1 is 0.696 bits per heavy atom. The first-order valence-electron chi connectivity index (χ1n) is 9.89. The van der Waals surface area contributed by atoms with E-state index in [9.17, 15) is 0 Å². The molecule has 0 aromatic heterocycles. The van der Waals surface area contributed by atoms with Gasteiger partial charge in [0.1, 0.15) is 0 Å². The third kappa shape index (κ3) is 20.9. The molecular formula is C19H38MoNS2. The second kappa shape index (κ2) is 21.0. The van der Waals surface area contributed by atoms with Gasteiger partial charge in [-0.05, 0) is 0 Å². The van der Waals surface area contributed by atoms with Gasteiger partial charge in [-0.25, -0.2) is 0 Å². The molecule has 1 N–H and O–H groups in total. The van der Waals surface area contributed by atoms with Crippen LogP contribution in [0, 0.1) is 0 Å². The zero-order chi connectivity index (χ0) is 17.0. The molecule has 0 saturated carbocycles. The van der Waals surface area contributed by atoms with E-state index in [1.807, 2.05) is 18.5 Å². The van der Waals surface area contributed by atoms with Crippen molar-refractivity contribution in [1.82, 2.24) is 5.32 Å². The van der Waals surface area contributed by atoms with Crippen molar-refractivity contribution in [2.45, 2.75) is 110 Å². The Hall–Kier alpha value is 0.928. The third-order valence-corrected chi connectivity index (χ3v) is 7.14. The fraction of sp³-hybridized carbons (Fsp3) is 0.947. The maximum atomic E-state index is 5.12. The minimum absolute atomic E-state index is 0.941. The van der Waals surface area contributed by atoms with Crippen molar-refractivity contribution in [2.75, 3.05) is 6.54 Å². The molecule has 0 aromatic rings. The first-order chi connectivity index (χ1) is 11.3. The molecule has 23 heavy (non-hydrogen) atoms. The SMILES string of the molecule is CCCCCCCCCCCCCCCCCCNC(=S)[S][Mo]. The zero-order valence-electron chi connectivity index (χ0n) is 15.2. The van der Waals surface area contributed by atoms with Crippen molar-refractivity contribution in [3.8, 4) is 0 Å². The molecule has 0 amide bonds. The summed E-state index contributed by atoms with van der Waals surface area (Å²) in [6.45, 7) is 3.35. The number of thiocarbonyl (C=S) groups is 1. The Kier molecular flexibility index (Phi) is 21.8. The van der Waals surface area contributed by atoms with Crippen LogP contribution in [-0.2, 0) is 18.5 Å². The van der Waals surface area contributed by atoms with Crippen molar-refractivity contribution in [3.63, 3.8) is 0 Å². The van der Waals surface area contributed by atoms with Crippen LogP contribution in [0.25, 0.3) is 0 Å². The van der Waals surface area contributed by atoms with Crippen LogP contribution in [0.3, 0.4) is 0 Å². The van der Waals surface area contributed by atoms with Gasteiger partial charge in [0.25, 0.3) is 0 Å². The van der Waals surface area contributed by atoms with Crippen molar-refractivity contribution in [1.29, 1.82) is 0 Å². The molecule has 0 spiro atoms. The molecule has 0 aliphatic rings. The zero-order valence-corrected chi connectivity index (χ0v) is 18.9. The van der Waals surface area contributed by atoms with E-state index in [2.05, 4.69) is 12.2 Å². The van der Waals surface area contributed by atoms with Crippen LogP contribution in [0.2, 0.25) is 0 Å². The summed E-state index contributed by atoms with van der Waals surface area (Å²) in [6, 6.07) is 0. The molecule has 0 aliphatic carbocycles. The molecule has 0 heterocycles. The van der Waals surface area contributed by atoms with Gasteiger partial charge in [-0.15, -0.1) is 0 Å². The van der Waals surface area contributed by atoms with E-state index in [1.54, 1.807) is 9.47 Å². The Morgan fingerprint density at radius 2 is 1.04 bits per heavy atom. The monoisotopic (exact) mass is 442 g/mol. The molecule has 0 bridgehead atoms. The van der Waals surface area contributed by atoms with Gasteiger partial charge in [0.05, 0.1) is 0 Å². The average Bonchev–Trinajstić information content (AvgIpc) is 2.57. The van der Waals surface area contributed by atoms with Crippen LogP contribution < -0.4 is 5.32 Å². The quantitative estimate of drug-likeness (QED) is 0.145. The summed E-state index contributed by atoms with van der Waals surface area (Å²) in [5.74, 6) is 0. The van der Waals surface area contributed by atoms with E-state index in [4.69, 9.17) is 12.2 Å². The Bertz CT molecular complexity index is 250. The second-order valence-electron chi connectivity index (χ2n) is 6.60. The van der Waals surface area contributed by atoms with E-state index in [0.717, 1.165) is 10.9 Å². The molecule has 137 valence electrons. The van der Waals surface area contributed by atoms with Gasteiger partial charge in [0, 0.05) is 0 Å². The molecule has 0 radical (unpaired) electrons. The number of hydrogen-bond acceptors (Lipinski definition) is 2. The molecule has 0 aliphatic heterocycles. The van der Waals surface area contributed by atoms with Crippen LogP contribution in [0.15, 0.2) is 0 Å². The molecule has 0 fully saturated rings. The number of rotatable bonds is 17. The van der Waals surface area contributed by atoms with E-state index in [0.29, 0.717) is 0 Å². The van der Waals surface area contributed by atoms with Crippen molar-refractivity contribution >= 4 is 26.0 Å². The van der Waals surface area contributed by atoms with Gasteiger partial charge in [0.15, 0.2) is 0 Å². The van der Waals surface area contributed by atoms with E-state index < -0.39 is 0 Å². The summed E-state index contributed by atoms with van der Waals surface area (Å²) >= 11 is 7.08. The first kappa shape index (κ1) is 23.9. The minimum atomic E-state index is 0.941. The molecule has 0 saturated heterocycles. The molecule has 0 atom stereocenters. The predicted molar refractivity (Wildman–Crippen MR) is 108 cm³/mol. The molecule has 0 rings (SSSR count). The van der Waals surface area contributed by atoms with Gasteiger partial charge < -0.3 is 0 Å². The standard InChI is InChI=1S/C19H39NS2.Mo/c1-2-3-4-5-6-7-8-9-10-11-12-13-14-15-16-17-18-20-19(21)22;/h2-18H2,1H3,(H2,20,21,22);/q;+1/p-1. The summed E-state index contributed by atoms with van der Waals surface area (Å²) in [4.78, 5) is 0. The van der Waals surface area contributed by atoms with E-state index in [-0.39, 0.29) is 0 Å². The van der Waals surface area contributed by atoms with Crippen LogP contribution in [-0.4, -0.2) is 10.9 Å². The number of nitrogens with one attached hydrogen (secondary N) is 1. The van der Waals surface area contributed by atoms with Crippen LogP contribution >= 0.6 is 21.7 Å². The Balaban J connectivity index is 2.99. The fourth-order valence-corrected chi connectivity index (χ4v) is 3.59. The Labute approximate surface area is 165 Å². The second-order valence-corrected chi connectivity index (χ2v) is 9.07. The predicted octanol–water partition coefficient (Wildman–Crippen LogP) is 7.32. The fourth-order valence-electron chi connectivity index (χ4n) is 2.89. The van der Waals surface area contributed by atoms with Crippen molar-refractivity contribution in [3.05, 3.63) is 0 Å². The van der Waals surface area contributed by atoms with Gasteiger partial charge in [0.2, 0.25) is 0 Å². The van der Waals surface area contributed by atoms with Gasteiger partial charge in [-0.2, -0.15) is 0 Å². The van der Waals surface area contributed by atoms with E-state index >= 15 is 0 Å². The van der Waals surface area contributed by atoms with Crippen LogP contribution in [0.5, 0.6) is 0 Å². The third-order valence-electron chi connectivity index (χ3n) is 4.38. The number of unbranched alkanes of at least 4 members (excludes halogenated alkanes) is 15. The number of hydrogen-bond donors (Lipinski definition) is 1. The van der Waals surface area contributed by atoms with Crippen molar-refractivity contribution in [2.24, 2.45) is 0 Å². The van der Waals surface area contributed by atoms with Gasteiger partial charge in [-0.1, -0.05) is 58.3 Å². The Morgan fingerprint density at radius 3 is 1.39 bits per heavy atom. The summed E-state index contributed by atoms with van der Waals surface area (Å²) in [7, 11) is 1.64.